The van der Waals surface area contributed by atoms with Crippen LogP contribution in [0.2, 0.25) is 0 Å². The van der Waals surface area contributed by atoms with Gasteiger partial charge in [0.25, 0.3) is 0 Å². The Morgan fingerprint density at radius 2 is 2.05 bits per heavy atom. The first-order chi connectivity index (χ1) is 10.2. The molecule has 22 heavy (non-hydrogen) atoms. The van der Waals surface area contributed by atoms with E-state index in [-0.39, 0.29) is 18.4 Å². The lowest BCUT2D eigenvalue weighted by Gasteiger charge is -2.35. The molecule has 1 N–H and O–H groups in total. The molecule has 0 spiro atoms. The zero-order valence-corrected chi connectivity index (χ0v) is 14.3. The van der Waals surface area contributed by atoms with Gasteiger partial charge in [0.15, 0.2) is 4.98 Å². The topological polar surface area (TPSA) is 101 Å². The first kappa shape index (κ1) is 18.7. The Morgan fingerprint density at radius 3 is 2.55 bits per heavy atom. The number of hydrogen-bond donors (Lipinski definition) is 1. The minimum Gasteiger partial charge on any atom is -0.474 e. The van der Waals surface area contributed by atoms with Crippen LogP contribution < -0.4 is 0 Å². The number of diazo groups is 1. The largest absolute Gasteiger partial charge is 0.578 e. The monoisotopic (exact) mass is 333 g/mol. The summed E-state index contributed by atoms with van der Waals surface area (Å²) in [5.74, 6) is -0.240. The van der Waals surface area contributed by atoms with Crippen LogP contribution >= 0.6 is 0 Å². The number of aliphatic hydroxyl groups excluding tert-OH is 1. The van der Waals surface area contributed by atoms with E-state index in [4.69, 9.17) is 9.58 Å². The van der Waals surface area contributed by atoms with E-state index in [0.717, 1.165) is 12.8 Å². The summed E-state index contributed by atoms with van der Waals surface area (Å²) in [5.41, 5.74) is 0. The van der Waals surface area contributed by atoms with Crippen molar-refractivity contribution in [3.05, 3.63) is 16.0 Å². The first-order valence-corrected chi connectivity index (χ1v) is 8.98. The Bertz CT molecular complexity index is 550. The van der Waals surface area contributed by atoms with Gasteiger partial charge in [0, 0.05) is 0 Å². The Balaban J connectivity index is 3.03. The molecule has 0 unspecified atom stereocenters. The highest BCUT2D eigenvalue weighted by Gasteiger charge is 2.44. The van der Waals surface area contributed by atoms with Crippen LogP contribution in [-0.2, 0) is 19.0 Å². The maximum Gasteiger partial charge on any atom is 0.578 e. The highest BCUT2D eigenvalue weighted by Crippen LogP contribution is 2.37. The molecule has 0 aromatic rings. The number of rotatable bonds is 6. The van der Waals surface area contributed by atoms with E-state index in [0.29, 0.717) is 12.3 Å². The fourth-order valence-corrected chi connectivity index (χ4v) is 3.84. The summed E-state index contributed by atoms with van der Waals surface area (Å²) >= 11 is 0. The molecule has 7 nitrogen and oxygen atoms in total. The van der Waals surface area contributed by atoms with Gasteiger partial charge in [0.1, 0.15) is 0 Å². The lowest BCUT2D eigenvalue weighted by molar-refractivity contribution is 0.0512. The third kappa shape index (κ3) is 4.58. The maximum absolute atomic E-state index is 12.2. The molecule has 3 atom stereocenters. The van der Waals surface area contributed by atoms with Crippen molar-refractivity contribution in [2.24, 2.45) is 17.8 Å². The van der Waals surface area contributed by atoms with Gasteiger partial charge in [-0.1, -0.05) is 27.2 Å². The number of nitrogens with zero attached hydrogens (tertiary/aromatic N) is 2. The highest BCUT2D eigenvalue weighted by molar-refractivity contribution is 7.90. The number of ether oxygens (including phenoxy) is 1. The van der Waals surface area contributed by atoms with E-state index in [1.54, 1.807) is 6.92 Å². The summed E-state index contributed by atoms with van der Waals surface area (Å²) in [5, 5.41) is 17.4. The molecule has 1 aliphatic carbocycles. The standard InChI is InChI=1S/C14H24N2O5S/c1-5-20-14(17)13(16-15)22(18,19)21-12-8-10(4)6-7-11(12)9(2)3/h9-12H,5-8H2,1-4H3/p+1/b14-13+/t10-,11+,12-/m1/s1. The molecule has 8 heteroatoms. The molecule has 1 aliphatic rings. The number of aliphatic hydroxyl groups is 1. The molecule has 1 fully saturated rings. The molecular weight excluding hydrogens is 308 g/mol. The van der Waals surface area contributed by atoms with Gasteiger partial charge < -0.3 is 9.84 Å². The zero-order valence-electron chi connectivity index (χ0n) is 13.5. The Labute approximate surface area is 132 Å². The summed E-state index contributed by atoms with van der Waals surface area (Å²) < 4.78 is 34.4. The molecule has 0 aromatic carbocycles. The van der Waals surface area contributed by atoms with E-state index in [2.05, 4.69) is 9.71 Å². The molecule has 0 heterocycles. The minimum absolute atomic E-state index is 0.0372. The van der Waals surface area contributed by atoms with Gasteiger partial charge in [-0.2, -0.15) is 8.42 Å². The van der Waals surface area contributed by atoms with Gasteiger partial charge in [-0.05, 0) is 37.5 Å². The molecule has 126 valence electrons. The van der Waals surface area contributed by atoms with Crippen molar-refractivity contribution in [1.29, 1.82) is 5.39 Å². The summed E-state index contributed by atoms with van der Waals surface area (Å²) in [6, 6.07) is 0. The number of hydrogen-bond acceptors (Lipinski definition) is 6. The summed E-state index contributed by atoms with van der Waals surface area (Å²) in [4.78, 5) is 2.62. The van der Waals surface area contributed by atoms with Gasteiger partial charge in [0.05, 0.1) is 12.7 Å². The van der Waals surface area contributed by atoms with E-state index < -0.39 is 27.2 Å². The second kappa shape index (κ2) is 7.79. The van der Waals surface area contributed by atoms with Crippen LogP contribution in [0.15, 0.2) is 11.0 Å². The van der Waals surface area contributed by atoms with Crippen LogP contribution in [0.1, 0.15) is 47.0 Å². The normalized spacial score (nSPS) is 27.2. The van der Waals surface area contributed by atoms with Crippen LogP contribution in [-0.4, -0.2) is 26.2 Å². The van der Waals surface area contributed by atoms with Crippen molar-refractivity contribution in [3.63, 3.8) is 0 Å². The minimum atomic E-state index is -4.40. The van der Waals surface area contributed by atoms with Gasteiger partial charge >= 0.3 is 21.1 Å². The Hall–Kier alpha value is -1.33. The molecule has 1 saturated carbocycles. The SMILES string of the molecule is CCO/C(O)=C(\[N+]#N)S(=O)(=O)O[C@@H]1C[C@H](C)CC[C@H]1C(C)C. The van der Waals surface area contributed by atoms with Crippen molar-refractivity contribution in [3.8, 4) is 0 Å². The van der Waals surface area contributed by atoms with Crippen LogP contribution in [0.4, 0.5) is 0 Å². The molecular formula is C14H25N2O5S+. The fraction of sp³-hybridized carbons (Fsp3) is 0.857. The van der Waals surface area contributed by atoms with Crippen LogP contribution in [0.25, 0.3) is 4.98 Å². The maximum atomic E-state index is 12.2. The molecule has 0 radical (unpaired) electrons. The fourth-order valence-electron chi connectivity index (χ4n) is 2.83. The van der Waals surface area contributed by atoms with Crippen LogP contribution in [0.3, 0.4) is 0 Å². The smallest absolute Gasteiger partial charge is 0.474 e. The predicted octanol–water partition coefficient (Wildman–Crippen LogP) is 3.37. The Morgan fingerprint density at radius 1 is 1.41 bits per heavy atom. The van der Waals surface area contributed by atoms with Gasteiger partial charge in [0.2, 0.25) is 5.39 Å². The first-order valence-electron chi connectivity index (χ1n) is 7.57. The van der Waals surface area contributed by atoms with Gasteiger partial charge in [-0.25, -0.2) is 0 Å². The van der Waals surface area contributed by atoms with E-state index >= 15 is 0 Å². The average molecular weight is 333 g/mol. The van der Waals surface area contributed by atoms with Crippen molar-refractivity contribution >= 4 is 10.1 Å². The third-order valence-corrected chi connectivity index (χ3v) is 5.23. The van der Waals surface area contributed by atoms with E-state index in [1.165, 1.54) is 0 Å². The second-order valence-corrected chi connectivity index (χ2v) is 7.55. The van der Waals surface area contributed by atoms with Crippen molar-refractivity contribution < 1.29 is 22.4 Å². The zero-order chi connectivity index (χ0) is 16.9. The van der Waals surface area contributed by atoms with Crippen LogP contribution in [0, 0.1) is 23.1 Å². The van der Waals surface area contributed by atoms with Gasteiger partial charge in [-0.15, -0.1) is 0 Å². The molecule has 0 amide bonds. The molecule has 0 saturated heterocycles. The third-order valence-electron chi connectivity index (χ3n) is 4.00. The summed E-state index contributed by atoms with van der Waals surface area (Å²) in [6.07, 6.45) is 2.02. The van der Waals surface area contributed by atoms with Crippen molar-refractivity contribution in [1.82, 2.24) is 0 Å². The summed E-state index contributed by atoms with van der Waals surface area (Å²) in [6.45, 7) is 7.69. The van der Waals surface area contributed by atoms with Crippen molar-refractivity contribution in [2.45, 2.75) is 53.1 Å². The Kier molecular flexibility index (Phi) is 6.63. The molecule has 0 aliphatic heterocycles. The molecule has 1 rings (SSSR count). The lowest BCUT2D eigenvalue weighted by Crippen LogP contribution is -2.36. The van der Waals surface area contributed by atoms with Gasteiger partial charge in [-0.3, -0.25) is 4.18 Å². The molecule has 0 bridgehead atoms. The summed E-state index contributed by atoms with van der Waals surface area (Å²) in [7, 11) is -4.40. The highest BCUT2D eigenvalue weighted by atomic mass is 32.2. The van der Waals surface area contributed by atoms with Crippen LogP contribution in [0.5, 0.6) is 0 Å². The van der Waals surface area contributed by atoms with E-state index in [1.807, 2.05) is 20.8 Å². The second-order valence-electron chi connectivity index (χ2n) is 6.06. The molecule has 0 aromatic heterocycles. The average Bonchev–Trinajstić information content (AvgIpc) is 2.38. The predicted molar refractivity (Wildman–Crippen MR) is 81.5 cm³/mol. The van der Waals surface area contributed by atoms with E-state index in [9.17, 15) is 13.5 Å². The quantitative estimate of drug-likeness (QED) is 0.454. The lowest BCUT2D eigenvalue weighted by atomic mass is 9.75. The van der Waals surface area contributed by atoms with Crippen molar-refractivity contribution in [2.75, 3.05) is 6.61 Å².